The average molecular weight is 413 g/mol. The SMILES string of the molecule is CCC(=O)Nc1ccc(NC(=S)NC(=O)/C=C/c2ccc(OC)c(OC)c2)cc1. The van der Waals surface area contributed by atoms with Crippen LogP contribution in [0.25, 0.3) is 6.08 Å². The summed E-state index contributed by atoms with van der Waals surface area (Å²) < 4.78 is 10.4. The lowest BCUT2D eigenvalue weighted by Crippen LogP contribution is -2.32. The average Bonchev–Trinajstić information content (AvgIpc) is 2.73. The lowest BCUT2D eigenvalue weighted by molar-refractivity contribution is -0.116. The van der Waals surface area contributed by atoms with Gasteiger partial charge in [0.05, 0.1) is 14.2 Å². The van der Waals surface area contributed by atoms with Crippen molar-refractivity contribution in [3.63, 3.8) is 0 Å². The third-order valence-corrected chi connectivity index (χ3v) is 4.02. The van der Waals surface area contributed by atoms with Crippen molar-refractivity contribution in [1.29, 1.82) is 0 Å². The maximum atomic E-state index is 12.1. The molecule has 2 aromatic carbocycles. The van der Waals surface area contributed by atoms with Crippen LogP contribution in [0.3, 0.4) is 0 Å². The van der Waals surface area contributed by atoms with Crippen LogP contribution in [0.2, 0.25) is 0 Å². The van der Waals surface area contributed by atoms with E-state index in [1.54, 1.807) is 69.7 Å². The van der Waals surface area contributed by atoms with Gasteiger partial charge in [0.15, 0.2) is 16.6 Å². The van der Waals surface area contributed by atoms with Gasteiger partial charge in [-0.15, -0.1) is 0 Å². The van der Waals surface area contributed by atoms with E-state index in [0.717, 1.165) is 5.56 Å². The molecule has 0 spiro atoms. The first-order chi connectivity index (χ1) is 13.9. The van der Waals surface area contributed by atoms with Crippen molar-refractivity contribution >= 4 is 46.6 Å². The van der Waals surface area contributed by atoms with E-state index in [-0.39, 0.29) is 16.9 Å². The number of carbonyl (C=O) groups is 2. The Morgan fingerprint density at radius 3 is 2.17 bits per heavy atom. The standard InChI is InChI=1S/C21H23N3O4S/c1-4-19(25)22-15-7-9-16(10-8-15)23-21(29)24-20(26)12-6-14-5-11-17(27-2)18(13-14)28-3/h5-13H,4H2,1-3H3,(H,22,25)(H2,23,24,26,29)/b12-6+. The molecule has 0 heterocycles. The van der Waals surface area contributed by atoms with Crippen molar-refractivity contribution in [2.45, 2.75) is 13.3 Å². The molecule has 2 aromatic rings. The van der Waals surface area contributed by atoms with E-state index in [0.29, 0.717) is 29.3 Å². The second-order valence-electron chi connectivity index (χ2n) is 5.87. The van der Waals surface area contributed by atoms with E-state index >= 15 is 0 Å². The summed E-state index contributed by atoms with van der Waals surface area (Å²) in [5.74, 6) is 0.754. The molecule has 0 aliphatic rings. The lowest BCUT2D eigenvalue weighted by Gasteiger charge is -2.09. The minimum Gasteiger partial charge on any atom is -0.493 e. The Bertz CT molecular complexity index is 911. The van der Waals surface area contributed by atoms with Crippen LogP contribution in [0, 0.1) is 0 Å². The zero-order valence-corrected chi connectivity index (χ0v) is 17.3. The van der Waals surface area contributed by atoms with E-state index in [9.17, 15) is 9.59 Å². The van der Waals surface area contributed by atoms with Crippen molar-refractivity contribution in [3.8, 4) is 11.5 Å². The van der Waals surface area contributed by atoms with E-state index in [1.807, 2.05) is 0 Å². The number of rotatable bonds is 7. The molecule has 0 unspecified atom stereocenters. The smallest absolute Gasteiger partial charge is 0.250 e. The van der Waals surface area contributed by atoms with Crippen molar-refractivity contribution in [2.24, 2.45) is 0 Å². The van der Waals surface area contributed by atoms with Crippen LogP contribution in [0.5, 0.6) is 11.5 Å². The normalized spacial score (nSPS) is 10.3. The fourth-order valence-corrected chi connectivity index (χ4v) is 2.55. The molecule has 8 heteroatoms. The number of anilines is 2. The first kappa shape index (κ1) is 21.9. The Morgan fingerprint density at radius 2 is 1.59 bits per heavy atom. The van der Waals surface area contributed by atoms with Crippen LogP contribution in [-0.2, 0) is 9.59 Å². The van der Waals surface area contributed by atoms with Crippen molar-refractivity contribution in [2.75, 3.05) is 24.9 Å². The number of ether oxygens (including phenoxy) is 2. The summed E-state index contributed by atoms with van der Waals surface area (Å²) in [6.45, 7) is 1.78. The Hall–Kier alpha value is -3.39. The number of benzene rings is 2. The van der Waals surface area contributed by atoms with E-state index in [2.05, 4.69) is 16.0 Å². The number of hydrogen-bond acceptors (Lipinski definition) is 5. The number of methoxy groups -OCH3 is 2. The Morgan fingerprint density at radius 1 is 0.966 bits per heavy atom. The summed E-state index contributed by atoms with van der Waals surface area (Å²) in [5, 5.41) is 8.41. The molecule has 152 valence electrons. The molecule has 0 saturated carbocycles. The van der Waals surface area contributed by atoms with Gasteiger partial charge in [-0.1, -0.05) is 13.0 Å². The molecule has 0 aliphatic carbocycles. The highest BCUT2D eigenvalue weighted by molar-refractivity contribution is 7.80. The Balaban J connectivity index is 1.89. The topological polar surface area (TPSA) is 88.7 Å². The summed E-state index contributed by atoms with van der Waals surface area (Å²) in [6.07, 6.45) is 3.43. The summed E-state index contributed by atoms with van der Waals surface area (Å²) in [4.78, 5) is 23.5. The molecule has 2 rings (SSSR count). The van der Waals surface area contributed by atoms with E-state index in [1.165, 1.54) is 6.08 Å². The number of hydrogen-bond donors (Lipinski definition) is 3. The molecule has 0 aromatic heterocycles. The Labute approximate surface area is 175 Å². The molecule has 0 fully saturated rings. The molecule has 0 radical (unpaired) electrons. The predicted molar refractivity (Wildman–Crippen MR) is 118 cm³/mol. The molecule has 0 bridgehead atoms. The largest absolute Gasteiger partial charge is 0.493 e. The molecule has 0 atom stereocenters. The molecule has 0 saturated heterocycles. The molecule has 2 amide bonds. The van der Waals surface area contributed by atoms with Crippen LogP contribution in [0.15, 0.2) is 48.5 Å². The first-order valence-corrected chi connectivity index (χ1v) is 9.28. The lowest BCUT2D eigenvalue weighted by atomic mass is 10.2. The molecule has 29 heavy (non-hydrogen) atoms. The number of amides is 2. The van der Waals surface area contributed by atoms with Gasteiger partial charge < -0.3 is 20.1 Å². The van der Waals surface area contributed by atoms with Crippen LogP contribution < -0.4 is 25.4 Å². The van der Waals surface area contributed by atoms with Crippen LogP contribution in [0.4, 0.5) is 11.4 Å². The second-order valence-corrected chi connectivity index (χ2v) is 6.28. The van der Waals surface area contributed by atoms with Crippen LogP contribution in [-0.4, -0.2) is 31.1 Å². The van der Waals surface area contributed by atoms with Crippen molar-refractivity contribution in [3.05, 3.63) is 54.1 Å². The predicted octanol–water partition coefficient (Wildman–Crippen LogP) is 3.58. The maximum Gasteiger partial charge on any atom is 0.250 e. The molecular weight excluding hydrogens is 390 g/mol. The summed E-state index contributed by atoms with van der Waals surface area (Å²) in [7, 11) is 3.11. The Kier molecular flexibility index (Phi) is 8.17. The number of carbonyl (C=O) groups excluding carboxylic acids is 2. The fraction of sp³-hybridized carbons (Fsp3) is 0.190. The van der Waals surface area contributed by atoms with Gasteiger partial charge in [0.25, 0.3) is 0 Å². The third kappa shape index (κ3) is 6.93. The van der Waals surface area contributed by atoms with Gasteiger partial charge in [-0.3, -0.25) is 14.9 Å². The van der Waals surface area contributed by atoms with Crippen molar-refractivity contribution < 1.29 is 19.1 Å². The monoisotopic (exact) mass is 413 g/mol. The summed E-state index contributed by atoms with van der Waals surface area (Å²) in [5.41, 5.74) is 2.16. The molecular formula is C21H23N3O4S. The minimum atomic E-state index is -0.371. The highest BCUT2D eigenvalue weighted by atomic mass is 32.1. The van der Waals surface area contributed by atoms with Gasteiger partial charge in [0, 0.05) is 23.9 Å². The van der Waals surface area contributed by atoms with Crippen LogP contribution in [0.1, 0.15) is 18.9 Å². The number of thiocarbonyl (C=S) groups is 1. The maximum absolute atomic E-state index is 12.1. The first-order valence-electron chi connectivity index (χ1n) is 8.87. The van der Waals surface area contributed by atoms with E-state index in [4.69, 9.17) is 21.7 Å². The molecule has 3 N–H and O–H groups in total. The highest BCUT2D eigenvalue weighted by Crippen LogP contribution is 2.27. The van der Waals surface area contributed by atoms with Gasteiger partial charge in [-0.25, -0.2) is 0 Å². The van der Waals surface area contributed by atoms with Gasteiger partial charge in [0.2, 0.25) is 11.8 Å². The highest BCUT2D eigenvalue weighted by Gasteiger charge is 2.05. The fourth-order valence-electron chi connectivity index (χ4n) is 2.33. The quantitative estimate of drug-likeness (QED) is 0.475. The minimum absolute atomic E-state index is 0.0604. The van der Waals surface area contributed by atoms with Gasteiger partial charge >= 0.3 is 0 Å². The zero-order valence-electron chi connectivity index (χ0n) is 16.4. The zero-order chi connectivity index (χ0) is 21.2. The summed E-state index contributed by atoms with van der Waals surface area (Å²) in [6, 6.07) is 12.3. The van der Waals surface area contributed by atoms with E-state index < -0.39 is 0 Å². The second kappa shape index (κ2) is 10.8. The number of nitrogens with one attached hydrogen (secondary N) is 3. The third-order valence-electron chi connectivity index (χ3n) is 3.82. The van der Waals surface area contributed by atoms with Gasteiger partial charge in [0.1, 0.15) is 0 Å². The van der Waals surface area contributed by atoms with Gasteiger partial charge in [-0.05, 0) is 60.3 Å². The van der Waals surface area contributed by atoms with Crippen molar-refractivity contribution in [1.82, 2.24) is 5.32 Å². The summed E-state index contributed by atoms with van der Waals surface area (Å²) >= 11 is 5.15. The molecule has 0 aliphatic heterocycles. The van der Waals surface area contributed by atoms with Crippen LogP contribution >= 0.6 is 12.2 Å². The molecule has 7 nitrogen and oxygen atoms in total. The van der Waals surface area contributed by atoms with Gasteiger partial charge in [-0.2, -0.15) is 0 Å².